The van der Waals surface area contributed by atoms with E-state index < -0.39 is 12.1 Å². The zero-order valence-electron chi connectivity index (χ0n) is 52.3. The number of carbonyl (C=O) groups excluding carboxylic acids is 3. The Morgan fingerprint density at radius 2 is 0.525 bits per heavy atom. The van der Waals surface area contributed by atoms with E-state index in [0.29, 0.717) is 12.8 Å². The van der Waals surface area contributed by atoms with Crippen molar-refractivity contribution in [2.45, 2.75) is 316 Å². The Hall–Kier alpha value is -4.19. The Bertz CT molecular complexity index is 1650. The van der Waals surface area contributed by atoms with Gasteiger partial charge in [-0.25, -0.2) is 0 Å². The first-order valence-corrected chi connectivity index (χ1v) is 33.5. The van der Waals surface area contributed by atoms with Crippen molar-refractivity contribution in [1.29, 1.82) is 0 Å². The molecule has 0 aliphatic heterocycles. The van der Waals surface area contributed by atoms with Crippen molar-refractivity contribution in [3.8, 4) is 0 Å². The fraction of sp³-hybridized carbons (Fsp3) is 0.689. The maximum absolute atomic E-state index is 12.8. The Kier molecular flexibility index (Phi) is 63.8. The number of hydrogen-bond acceptors (Lipinski definition) is 6. The van der Waals surface area contributed by atoms with E-state index in [9.17, 15) is 14.4 Å². The van der Waals surface area contributed by atoms with Crippen LogP contribution in [-0.2, 0) is 28.6 Å². The number of esters is 3. The third kappa shape index (κ3) is 64.6. The second-order valence-corrected chi connectivity index (χ2v) is 22.0. The summed E-state index contributed by atoms with van der Waals surface area (Å²) in [4.78, 5) is 38.2. The van der Waals surface area contributed by atoms with Gasteiger partial charge in [-0.1, -0.05) is 303 Å². The van der Waals surface area contributed by atoms with Crippen LogP contribution in [0.2, 0.25) is 0 Å². The van der Waals surface area contributed by atoms with Gasteiger partial charge in [0.2, 0.25) is 0 Å². The normalized spacial score (nSPS) is 12.9. The third-order valence-electron chi connectivity index (χ3n) is 14.2. The van der Waals surface area contributed by atoms with Gasteiger partial charge in [0.15, 0.2) is 6.10 Å². The summed E-state index contributed by atoms with van der Waals surface area (Å²) >= 11 is 0. The quantitative estimate of drug-likeness (QED) is 0.0261. The summed E-state index contributed by atoms with van der Waals surface area (Å²) in [5.41, 5.74) is 0. The number of ether oxygens (including phenoxy) is 3. The molecule has 6 heteroatoms. The van der Waals surface area contributed by atoms with Gasteiger partial charge in [0.25, 0.3) is 0 Å². The van der Waals surface area contributed by atoms with Gasteiger partial charge >= 0.3 is 17.9 Å². The van der Waals surface area contributed by atoms with Crippen LogP contribution in [-0.4, -0.2) is 37.2 Å². The van der Waals surface area contributed by atoms with Crippen molar-refractivity contribution in [2.24, 2.45) is 0 Å². The second kappa shape index (κ2) is 67.3. The summed E-state index contributed by atoms with van der Waals surface area (Å²) < 4.78 is 16.8. The SMILES string of the molecule is CC/C=C\C/C=C\C/C=C\C/C=C\C/C=C\CC(=O)OC(COC(=O)CCCCCCC/C=C\CCCCCCC)COC(=O)CCCCCCCCCCCCCCCCCCCCCC/C=C\C/C=C\C/C=C\C/C=C\CC. The maximum Gasteiger partial charge on any atom is 0.310 e. The molecular weight excluding hydrogens is 985 g/mol. The summed E-state index contributed by atoms with van der Waals surface area (Å²) in [5, 5.41) is 0. The van der Waals surface area contributed by atoms with Crippen LogP contribution in [0.1, 0.15) is 310 Å². The topological polar surface area (TPSA) is 78.9 Å². The summed E-state index contributed by atoms with van der Waals surface area (Å²) in [5.74, 6) is -1.05. The molecule has 456 valence electrons. The molecule has 0 fully saturated rings. The lowest BCUT2D eigenvalue weighted by Gasteiger charge is -2.18. The summed E-state index contributed by atoms with van der Waals surface area (Å²) in [6.45, 7) is 6.33. The molecule has 6 nitrogen and oxygen atoms in total. The second-order valence-electron chi connectivity index (χ2n) is 22.0. The first kappa shape index (κ1) is 75.8. The van der Waals surface area contributed by atoms with Crippen LogP contribution in [0.5, 0.6) is 0 Å². The highest BCUT2D eigenvalue weighted by Gasteiger charge is 2.19. The molecular formula is C74H124O6. The van der Waals surface area contributed by atoms with Gasteiger partial charge in [0, 0.05) is 12.8 Å². The fourth-order valence-electron chi connectivity index (χ4n) is 9.27. The molecule has 80 heavy (non-hydrogen) atoms. The van der Waals surface area contributed by atoms with Crippen LogP contribution in [0.4, 0.5) is 0 Å². The molecule has 0 radical (unpaired) electrons. The van der Waals surface area contributed by atoms with Crippen LogP contribution in [0, 0.1) is 0 Å². The van der Waals surface area contributed by atoms with E-state index >= 15 is 0 Å². The van der Waals surface area contributed by atoms with Crippen molar-refractivity contribution in [2.75, 3.05) is 13.2 Å². The van der Waals surface area contributed by atoms with Crippen molar-refractivity contribution in [3.63, 3.8) is 0 Å². The van der Waals surface area contributed by atoms with Gasteiger partial charge in [0.1, 0.15) is 13.2 Å². The molecule has 0 saturated carbocycles. The molecule has 0 saturated heterocycles. The molecule has 1 unspecified atom stereocenters. The summed E-state index contributed by atoms with van der Waals surface area (Å²) in [6, 6.07) is 0. The molecule has 0 aromatic heterocycles. The zero-order valence-corrected chi connectivity index (χ0v) is 52.3. The number of hydrogen-bond donors (Lipinski definition) is 0. The predicted molar refractivity (Wildman–Crippen MR) is 348 cm³/mol. The Labute approximate surface area is 494 Å². The van der Waals surface area contributed by atoms with Crippen molar-refractivity contribution in [3.05, 3.63) is 122 Å². The highest BCUT2D eigenvalue weighted by atomic mass is 16.6. The van der Waals surface area contributed by atoms with Gasteiger partial charge in [-0.15, -0.1) is 0 Å². The molecule has 0 aromatic carbocycles. The lowest BCUT2D eigenvalue weighted by molar-refractivity contribution is -0.166. The van der Waals surface area contributed by atoms with E-state index in [0.717, 1.165) is 109 Å². The average molecular weight is 1110 g/mol. The molecule has 1 atom stereocenters. The summed E-state index contributed by atoms with van der Waals surface area (Å²) in [6.07, 6.45) is 94.0. The number of rotatable bonds is 60. The van der Waals surface area contributed by atoms with Crippen LogP contribution >= 0.6 is 0 Å². The van der Waals surface area contributed by atoms with E-state index in [2.05, 4.69) is 130 Å². The van der Waals surface area contributed by atoms with E-state index in [-0.39, 0.29) is 31.6 Å². The minimum absolute atomic E-state index is 0.0943. The molecule has 0 heterocycles. The standard InChI is InChI=1S/C74H124O6/c1-4-7-10-13-16-19-22-25-28-29-30-31-32-33-34-35-36-37-38-39-40-41-42-43-44-45-47-49-52-55-58-61-64-67-73(76)79-70-71(69-78-72(75)66-63-60-57-54-51-48-27-24-21-18-15-12-9-6-3)80-74(77)68-65-62-59-56-53-50-46-26-23-20-17-14-11-8-5-2/h7-8,10-11,16-17,19-20,24-28,30-31,46,53,56,62,65,71H,4-6,9,12-15,18,21-23,29,32-45,47-52,54-55,57-61,63-64,66-70H2,1-3H3/b10-7-,11-8-,19-16-,20-17-,27-24-,28-25-,31-30-,46-26-,56-53-,65-62-. The first-order chi connectivity index (χ1) is 39.5. The highest BCUT2D eigenvalue weighted by molar-refractivity contribution is 5.72. The van der Waals surface area contributed by atoms with Gasteiger partial charge < -0.3 is 14.2 Å². The van der Waals surface area contributed by atoms with E-state index in [1.54, 1.807) is 6.08 Å². The van der Waals surface area contributed by atoms with Gasteiger partial charge in [-0.3, -0.25) is 14.4 Å². The number of unbranched alkanes of at least 4 members (excludes halogenated alkanes) is 30. The van der Waals surface area contributed by atoms with Crippen LogP contribution < -0.4 is 0 Å². The van der Waals surface area contributed by atoms with Crippen molar-refractivity contribution >= 4 is 17.9 Å². The molecule has 0 N–H and O–H groups in total. The van der Waals surface area contributed by atoms with E-state index in [1.807, 2.05) is 6.08 Å². The molecule has 0 aliphatic carbocycles. The molecule has 0 bridgehead atoms. The molecule has 0 spiro atoms. The number of allylic oxidation sites excluding steroid dienone is 19. The Morgan fingerprint density at radius 1 is 0.275 bits per heavy atom. The maximum atomic E-state index is 12.8. The molecule has 0 amide bonds. The Morgan fingerprint density at radius 3 is 0.838 bits per heavy atom. The highest BCUT2D eigenvalue weighted by Crippen LogP contribution is 2.17. The van der Waals surface area contributed by atoms with Gasteiger partial charge in [0.05, 0.1) is 6.42 Å². The van der Waals surface area contributed by atoms with Crippen LogP contribution in [0.3, 0.4) is 0 Å². The number of carbonyl (C=O) groups is 3. The molecule has 0 aromatic rings. The Balaban J connectivity index is 4.21. The monoisotopic (exact) mass is 1110 g/mol. The predicted octanol–water partition coefficient (Wildman–Crippen LogP) is 23.2. The van der Waals surface area contributed by atoms with Crippen LogP contribution in [0.15, 0.2) is 122 Å². The fourth-order valence-corrected chi connectivity index (χ4v) is 9.27. The first-order valence-electron chi connectivity index (χ1n) is 33.5. The zero-order chi connectivity index (χ0) is 57.8. The van der Waals surface area contributed by atoms with Gasteiger partial charge in [-0.05, 0) is 109 Å². The smallest absolute Gasteiger partial charge is 0.310 e. The molecule has 0 rings (SSSR count). The molecule has 0 aliphatic rings. The van der Waals surface area contributed by atoms with Crippen molar-refractivity contribution < 1.29 is 28.6 Å². The largest absolute Gasteiger partial charge is 0.462 e. The summed E-state index contributed by atoms with van der Waals surface area (Å²) in [7, 11) is 0. The van der Waals surface area contributed by atoms with E-state index in [4.69, 9.17) is 14.2 Å². The minimum atomic E-state index is -0.837. The lowest BCUT2D eigenvalue weighted by Crippen LogP contribution is -2.30. The van der Waals surface area contributed by atoms with Gasteiger partial charge in [-0.2, -0.15) is 0 Å². The minimum Gasteiger partial charge on any atom is -0.462 e. The average Bonchev–Trinajstić information content (AvgIpc) is 3.46. The van der Waals surface area contributed by atoms with E-state index in [1.165, 1.54) is 161 Å². The third-order valence-corrected chi connectivity index (χ3v) is 14.2. The lowest BCUT2D eigenvalue weighted by atomic mass is 10.0. The van der Waals surface area contributed by atoms with Crippen LogP contribution in [0.25, 0.3) is 0 Å². The van der Waals surface area contributed by atoms with Crippen molar-refractivity contribution in [1.82, 2.24) is 0 Å².